The van der Waals surface area contributed by atoms with Crippen molar-refractivity contribution in [3.63, 3.8) is 0 Å². The van der Waals surface area contributed by atoms with Crippen molar-refractivity contribution < 1.29 is 40.3 Å². The number of rotatable bonds is 5. The Bertz CT molecular complexity index is 1230. The van der Waals surface area contributed by atoms with Crippen LogP contribution < -0.4 is 5.32 Å². The predicted octanol–water partition coefficient (Wildman–Crippen LogP) is 3.11. The Labute approximate surface area is 191 Å². The molecule has 0 aromatic heterocycles. The molecule has 1 N–H and O–H groups in total. The molecule has 3 rings (SSSR count). The van der Waals surface area contributed by atoms with E-state index in [1.54, 1.807) is 6.07 Å². The summed E-state index contributed by atoms with van der Waals surface area (Å²) in [6, 6.07) is 9.52. The highest BCUT2D eigenvalue weighted by Crippen LogP contribution is 2.37. The molecular formula is C21H17F4N3O5S. The zero-order valence-corrected chi connectivity index (χ0v) is 18.1. The first-order valence-electron chi connectivity index (χ1n) is 9.73. The van der Waals surface area contributed by atoms with E-state index in [1.165, 1.54) is 0 Å². The average Bonchev–Trinajstić information content (AvgIpc) is 3.21. The standard InChI is InChI=1S/C21H17F4N3O5S/c22-14-7-5-13(6-8-14)19(29)28-12-15(11-18(28)33-20(30)27-10-9-26)34(31,32)17-4-2-1-3-16(17)21(23,24)25/h1-8,15,18H,10-12H2,(H,27,30)/t15-,18+/m1/s1. The van der Waals surface area contributed by atoms with E-state index in [1.807, 2.05) is 0 Å². The van der Waals surface area contributed by atoms with Gasteiger partial charge in [-0.05, 0) is 36.4 Å². The summed E-state index contributed by atoms with van der Waals surface area (Å²) in [7, 11) is -4.63. The summed E-state index contributed by atoms with van der Waals surface area (Å²) < 4.78 is 84.9. The van der Waals surface area contributed by atoms with Crippen LogP contribution >= 0.6 is 0 Å². The SMILES string of the molecule is N#CCNC(=O)O[C@H]1C[C@@H](S(=O)(=O)c2ccccc2C(F)(F)F)CN1C(=O)c1ccc(F)cc1. The Hall–Kier alpha value is -3.66. The van der Waals surface area contributed by atoms with Crippen LogP contribution in [0.3, 0.4) is 0 Å². The van der Waals surface area contributed by atoms with Gasteiger partial charge in [0.15, 0.2) is 16.1 Å². The van der Waals surface area contributed by atoms with Crippen LogP contribution in [0.1, 0.15) is 22.3 Å². The highest BCUT2D eigenvalue weighted by Gasteiger charge is 2.47. The van der Waals surface area contributed by atoms with Crippen molar-refractivity contribution in [2.45, 2.75) is 29.0 Å². The quantitative estimate of drug-likeness (QED) is 0.499. The molecule has 8 nitrogen and oxygen atoms in total. The lowest BCUT2D eigenvalue weighted by atomic mass is 10.2. The molecule has 2 aromatic rings. The van der Waals surface area contributed by atoms with Crippen molar-refractivity contribution in [3.05, 3.63) is 65.5 Å². The molecule has 1 heterocycles. The molecular weight excluding hydrogens is 482 g/mol. The number of halogens is 4. The number of amides is 2. The van der Waals surface area contributed by atoms with Crippen molar-refractivity contribution in [1.82, 2.24) is 10.2 Å². The molecule has 1 aliphatic rings. The van der Waals surface area contributed by atoms with Gasteiger partial charge in [0.05, 0.1) is 21.8 Å². The minimum atomic E-state index is -4.95. The van der Waals surface area contributed by atoms with Crippen molar-refractivity contribution in [1.29, 1.82) is 5.26 Å². The second-order valence-electron chi connectivity index (χ2n) is 7.23. The number of carbonyl (C=O) groups is 2. The normalized spacial score (nSPS) is 18.3. The third kappa shape index (κ3) is 5.28. The second-order valence-corrected chi connectivity index (χ2v) is 9.43. The van der Waals surface area contributed by atoms with E-state index in [0.29, 0.717) is 6.07 Å². The molecule has 2 amide bonds. The third-order valence-electron chi connectivity index (χ3n) is 5.06. The van der Waals surface area contributed by atoms with Crippen molar-refractivity contribution in [2.24, 2.45) is 0 Å². The maximum atomic E-state index is 13.4. The summed E-state index contributed by atoms with van der Waals surface area (Å²) in [5, 5.41) is 9.11. The maximum absolute atomic E-state index is 13.4. The zero-order valence-electron chi connectivity index (χ0n) is 17.3. The number of nitrogens with zero attached hydrogens (tertiary/aromatic N) is 2. The van der Waals surface area contributed by atoms with E-state index in [-0.39, 0.29) is 5.56 Å². The summed E-state index contributed by atoms with van der Waals surface area (Å²) in [6.45, 7) is -1.01. The molecule has 1 aliphatic heterocycles. The van der Waals surface area contributed by atoms with E-state index >= 15 is 0 Å². The fourth-order valence-electron chi connectivity index (χ4n) is 3.48. The Morgan fingerprint density at radius 1 is 1.15 bits per heavy atom. The van der Waals surface area contributed by atoms with Gasteiger partial charge >= 0.3 is 12.3 Å². The number of likely N-dealkylation sites (tertiary alicyclic amines) is 1. The van der Waals surface area contributed by atoms with Gasteiger partial charge in [0.2, 0.25) is 0 Å². The summed E-state index contributed by atoms with van der Waals surface area (Å²) >= 11 is 0. The summed E-state index contributed by atoms with van der Waals surface area (Å²) in [5.74, 6) is -1.45. The Morgan fingerprint density at radius 2 is 1.79 bits per heavy atom. The van der Waals surface area contributed by atoms with E-state index in [2.05, 4.69) is 5.32 Å². The number of sulfone groups is 1. The van der Waals surface area contributed by atoms with Gasteiger partial charge in [0.25, 0.3) is 5.91 Å². The van der Waals surface area contributed by atoms with Crippen molar-refractivity contribution >= 4 is 21.8 Å². The molecule has 0 saturated carbocycles. The van der Waals surface area contributed by atoms with E-state index in [0.717, 1.165) is 47.4 Å². The van der Waals surface area contributed by atoms with Gasteiger partial charge in [-0.25, -0.2) is 17.6 Å². The topological polar surface area (TPSA) is 117 Å². The molecule has 0 unspecified atom stereocenters. The molecule has 0 aliphatic carbocycles. The van der Waals surface area contributed by atoms with Crippen molar-refractivity contribution in [3.8, 4) is 6.07 Å². The molecule has 0 bridgehead atoms. The minimum Gasteiger partial charge on any atom is -0.425 e. The third-order valence-corrected chi connectivity index (χ3v) is 7.25. The fraction of sp³-hybridized carbons (Fsp3) is 0.286. The number of alkyl carbamates (subject to hydrolysis) is 1. The van der Waals surface area contributed by atoms with Crippen LogP contribution in [-0.4, -0.2) is 49.9 Å². The van der Waals surface area contributed by atoms with Gasteiger partial charge in [-0.1, -0.05) is 12.1 Å². The van der Waals surface area contributed by atoms with Gasteiger partial charge in [0.1, 0.15) is 12.4 Å². The van der Waals surface area contributed by atoms with Gasteiger partial charge in [-0.2, -0.15) is 18.4 Å². The molecule has 1 fully saturated rings. The Balaban J connectivity index is 1.96. The molecule has 0 spiro atoms. The number of nitriles is 1. The number of hydrogen-bond acceptors (Lipinski definition) is 6. The first-order chi connectivity index (χ1) is 15.9. The number of nitrogens with one attached hydrogen (secondary N) is 1. The summed E-state index contributed by atoms with van der Waals surface area (Å²) in [6.07, 6.45) is -8.05. The lowest BCUT2D eigenvalue weighted by Crippen LogP contribution is -2.41. The maximum Gasteiger partial charge on any atom is 0.417 e. The van der Waals surface area contributed by atoms with E-state index < -0.39 is 75.3 Å². The highest BCUT2D eigenvalue weighted by molar-refractivity contribution is 7.92. The zero-order chi connectivity index (χ0) is 25.1. The van der Waals surface area contributed by atoms with Crippen LogP contribution in [-0.2, 0) is 20.8 Å². The molecule has 2 atom stereocenters. The molecule has 13 heteroatoms. The average molecular weight is 499 g/mol. The summed E-state index contributed by atoms with van der Waals surface area (Å²) in [5.41, 5.74) is -1.41. The van der Waals surface area contributed by atoms with Gasteiger partial charge in [-0.3, -0.25) is 4.79 Å². The largest absolute Gasteiger partial charge is 0.425 e. The number of ether oxygens (including phenoxy) is 1. The van der Waals surface area contributed by atoms with Crippen LogP contribution in [0.2, 0.25) is 0 Å². The smallest absolute Gasteiger partial charge is 0.417 e. The fourth-order valence-corrected chi connectivity index (χ4v) is 5.37. The van der Waals surface area contributed by atoms with Gasteiger partial charge in [-0.15, -0.1) is 0 Å². The lowest BCUT2D eigenvalue weighted by molar-refractivity contribution is -0.139. The number of carbonyl (C=O) groups excluding carboxylic acids is 2. The molecule has 0 radical (unpaired) electrons. The molecule has 180 valence electrons. The van der Waals surface area contributed by atoms with Crippen LogP contribution in [0.4, 0.5) is 22.4 Å². The second kappa shape index (κ2) is 9.68. The van der Waals surface area contributed by atoms with Crippen LogP contribution in [0.25, 0.3) is 0 Å². The Kier molecular flexibility index (Phi) is 7.11. The Morgan fingerprint density at radius 3 is 2.41 bits per heavy atom. The lowest BCUT2D eigenvalue weighted by Gasteiger charge is -2.24. The number of benzene rings is 2. The highest BCUT2D eigenvalue weighted by atomic mass is 32.2. The van der Waals surface area contributed by atoms with Crippen LogP contribution in [0, 0.1) is 17.1 Å². The minimum absolute atomic E-state index is 0.0545. The van der Waals surface area contributed by atoms with Crippen molar-refractivity contribution in [2.75, 3.05) is 13.1 Å². The number of hydrogen-bond donors (Lipinski definition) is 1. The first kappa shape index (κ1) is 25.0. The van der Waals surface area contributed by atoms with Crippen LogP contribution in [0.15, 0.2) is 53.4 Å². The number of alkyl halides is 3. The monoisotopic (exact) mass is 499 g/mol. The molecule has 34 heavy (non-hydrogen) atoms. The van der Waals surface area contributed by atoms with E-state index in [4.69, 9.17) is 10.00 Å². The first-order valence-corrected chi connectivity index (χ1v) is 11.3. The molecule has 2 aromatic carbocycles. The molecule has 1 saturated heterocycles. The van der Waals surface area contributed by atoms with E-state index in [9.17, 15) is 35.6 Å². The van der Waals surface area contributed by atoms with Gasteiger partial charge in [0, 0.05) is 18.5 Å². The van der Waals surface area contributed by atoms with Gasteiger partial charge < -0.3 is 15.0 Å². The van der Waals surface area contributed by atoms with Crippen LogP contribution in [0.5, 0.6) is 0 Å². The summed E-state index contributed by atoms with van der Waals surface area (Å²) in [4.78, 5) is 24.8. The predicted molar refractivity (Wildman–Crippen MR) is 108 cm³/mol.